The van der Waals surface area contributed by atoms with Crippen molar-refractivity contribution in [2.24, 2.45) is 5.92 Å². The lowest BCUT2D eigenvalue weighted by Crippen LogP contribution is -2.01. The Morgan fingerprint density at radius 1 is 1.14 bits per heavy atom. The Bertz CT molecular complexity index is 818. The van der Waals surface area contributed by atoms with Gasteiger partial charge in [-0.15, -0.1) is 0 Å². The van der Waals surface area contributed by atoms with Crippen LogP contribution in [0.25, 0.3) is 22.2 Å². The van der Waals surface area contributed by atoms with Gasteiger partial charge in [-0.3, -0.25) is 5.10 Å². The minimum absolute atomic E-state index is 0.326. The average molecular weight is 280 g/mol. The molecule has 2 heterocycles. The summed E-state index contributed by atoms with van der Waals surface area (Å²) >= 11 is 0. The fraction of sp³-hybridized carbons (Fsp3) is 0.267. The minimum atomic E-state index is 0.326. The van der Waals surface area contributed by atoms with Crippen LogP contribution in [0, 0.1) is 5.92 Å². The van der Waals surface area contributed by atoms with Crippen molar-refractivity contribution in [3.8, 4) is 11.3 Å². The number of aromatic nitrogens is 4. The number of H-pyrrole nitrogens is 1. The van der Waals surface area contributed by atoms with E-state index in [1.807, 2.05) is 24.3 Å². The zero-order valence-electron chi connectivity index (χ0n) is 11.5. The predicted molar refractivity (Wildman–Crippen MR) is 82.4 cm³/mol. The van der Waals surface area contributed by atoms with E-state index in [0.29, 0.717) is 11.8 Å². The summed E-state index contributed by atoms with van der Waals surface area (Å²) in [5, 5.41) is 7.84. The van der Waals surface area contributed by atoms with Gasteiger partial charge in [-0.2, -0.15) is 5.10 Å². The highest BCUT2D eigenvalue weighted by Gasteiger charge is 2.22. The highest BCUT2D eigenvalue weighted by molar-refractivity contribution is 5.91. The number of benzene rings is 1. The third kappa shape index (κ3) is 2.29. The van der Waals surface area contributed by atoms with Gasteiger partial charge in [0.05, 0.1) is 11.2 Å². The molecule has 0 atom stereocenters. The summed E-state index contributed by atoms with van der Waals surface area (Å²) in [7, 11) is 0. The number of aromatic amines is 1. The van der Waals surface area contributed by atoms with Crippen molar-refractivity contribution in [3.63, 3.8) is 0 Å². The number of rotatable bonds is 3. The van der Waals surface area contributed by atoms with E-state index in [1.165, 1.54) is 12.8 Å². The number of nitrogens with two attached hydrogens (primary N) is 2. The summed E-state index contributed by atoms with van der Waals surface area (Å²) in [6, 6.07) is 7.94. The van der Waals surface area contributed by atoms with Gasteiger partial charge in [0.15, 0.2) is 5.82 Å². The molecule has 0 radical (unpaired) electrons. The SMILES string of the molecule is Nc1nc(CC2CC2)cc(-c2ccc3c(N)n[nH]c3c2)n1. The lowest BCUT2D eigenvalue weighted by atomic mass is 10.1. The van der Waals surface area contributed by atoms with Crippen LogP contribution in [0.3, 0.4) is 0 Å². The minimum Gasteiger partial charge on any atom is -0.382 e. The summed E-state index contributed by atoms with van der Waals surface area (Å²) in [5.41, 5.74) is 15.4. The van der Waals surface area contributed by atoms with Crippen molar-refractivity contribution in [3.05, 3.63) is 30.0 Å². The van der Waals surface area contributed by atoms with Crippen molar-refractivity contribution in [1.29, 1.82) is 0 Å². The second-order valence-corrected chi connectivity index (χ2v) is 5.62. The van der Waals surface area contributed by atoms with Crippen LogP contribution in [0.15, 0.2) is 24.3 Å². The molecule has 2 aromatic heterocycles. The molecule has 4 rings (SSSR count). The molecule has 0 saturated heterocycles. The maximum absolute atomic E-state index is 5.85. The largest absolute Gasteiger partial charge is 0.382 e. The summed E-state index contributed by atoms with van der Waals surface area (Å²) in [5.74, 6) is 1.60. The second-order valence-electron chi connectivity index (χ2n) is 5.62. The number of nitrogens with zero attached hydrogens (tertiary/aromatic N) is 3. The molecular formula is C15H16N6. The van der Waals surface area contributed by atoms with Crippen LogP contribution < -0.4 is 11.5 Å². The molecule has 0 aliphatic heterocycles. The number of nitrogen functional groups attached to an aromatic ring is 2. The fourth-order valence-electron chi connectivity index (χ4n) is 2.59. The van der Waals surface area contributed by atoms with Gasteiger partial charge in [0.25, 0.3) is 0 Å². The molecule has 1 fully saturated rings. The molecule has 0 bridgehead atoms. The zero-order chi connectivity index (χ0) is 14.4. The molecule has 106 valence electrons. The molecule has 6 heteroatoms. The van der Waals surface area contributed by atoms with Gasteiger partial charge < -0.3 is 11.5 Å². The van der Waals surface area contributed by atoms with E-state index in [4.69, 9.17) is 11.5 Å². The van der Waals surface area contributed by atoms with Crippen LogP contribution in [-0.4, -0.2) is 20.2 Å². The normalized spacial score (nSPS) is 14.7. The molecular weight excluding hydrogens is 264 g/mol. The summed E-state index contributed by atoms with van der Waals surface area (Å²) in [6.45, 7) is 0. The van der Waals surface area contributed by atoms with E-state index in [-0.39, 0.29) is 0 Å². The second kappa shape index (κ2) is 4.44. The van der Waals surface area contributed by atoms with Crippen molar-refractivity contribution in [1.82, 2.24) is 20.2 Å². The van der Waals surface area contributed by atoms with E-state index >= 15 is 0 Å². The van der Waals surface area contributed by atoms with Crippen molar-refractivity contribution in [2.45, 2.75) is 19.3 Å². The van der Waals surface area contributed by atoms with E-state index < -0.39 is 0 Å². The number of fused-ring (bicyclic) bond motifs is 1. The first-order valence-corrected chi connectivity index (χ1v) is 7.06. The fourth-order valence-corrected chi connectivity index (χ4v) is 2.59. The maximum atomic E-state index is 5.85. The smallest absolute Gasteiger partial charge is 0.220 e. The zero-order valence-corrected chi connectivity index (χ0v) is 11.5. The van der Waals surface area contributed by atoms with E-state index in [2.05, 4.69) is 20.2 Å². The monoisotopic (exact) mass is 280 g/mol. The lowest BCUT2D eigenvalue weighted by Gasteiger charge is -2.06. The number of hydrogen-bond donors (Lipinski definition) is 3. The van der Waals surface area contributed by atoms with Crippen LogP contribution in [0.1, 0.15) is 18.5 Å². The third-order valence-corrected chi connectivity index (χ3v) is 3.88. The number of hydrogen-bond acceptors (Lipinski definition) is 5. The Morgan fingerprint density at radius 3 is 2.81 bits per heavy atom. The van der Waals surface area contributed by atoms with Gasteiger partial charge >= 0.3 is 0 Å². The summed E-state index contributed by atoms with van der Waals surface area (Å²) < 4.78 is 0. The molecule has 3 aromatic rings. The van der Waals surface area contributed by atoms with Gasteiger partial charge in [0.1, 0.15) is 0 Å². The first-order valence-electron chi connectivity index (χ1n) is 7.06. The molecule has 1 aromatic carbocycles. The Hall–Kier alpha value is -2.63. The van der Waals surface area contributed by atoms with E-state index in [9.17, 15) is 0 Å². The molecule has 6 nitrogen and oxygen atoms in total. The predicted octanol–water partition coefficient (Wildman–Crippen LogP) is 2.14. The van der Waals surface area contributed by atoms with Crippen LogP contribution in [0.2, 0.25) is 0 Å². The van der Waals surface area contributed by atoms with Crippen LogP contribution >= 0.6 is 0 Å². The average Bonchev–Trinajstić information content (AvgIpc) is 3.20. The lowest BCUT2D eigenvalue weighted by molar-refractivity contribution is 0.802. The Kier molecular flexibility index (Phi) is 2.57. The van der Waals surface area contributed by atoms with Crippen LogP contribution in [0.4, 0.5) is 11.8 Å². The van der Waals surface area contributed by atoms with Crippen LogP contribution in [0.5, 0.6) is 0 Å². The first kappa shape index (κ1) is 12.1. The molecule has 1 saturated carbocycles. The molecule has 1 aliphatic rings. The highest BCUT2D eigenvalue weighted by atomic mass is 15.1. The quantitative estimate of drug-likeness (QED) is 0.681. The summed E-state index contributed by atoms with van der Waals surface area (Å²) in [4.78, 5) is 8.68. The van der Waals surface area contributed by atoms with Crippen molar-refractivity contribution < 1.29 is 0 Å². The highest BCUT2D eigenvalue weighted by Crippen LogP contribution is 2.33. The van der Waals surface area contributed by atoms with Crippen molar-refractivity contribution >= 4 is 22.7 Å². The van der Waals surface area contributed by atoms with Gasteiger partial charge in [-0.05, 0) is 43.4 Å². The van der Waals surface area contributed by atoms with Gasteiger partial charge in [-0.1, -0.05) is 6.07 Å². The Labute approximate surface area is 121 Å². The molecule has 1 aliphatic carbocycles. The van der Waals surface area contributed by atoms with Gasteiger partial charge in [-0.25, -0.2) is 9.97 Å². The van der Waals surface area contributed by atoms with Crippen LogP contribution in [-0.2, 0) is 6.42 Å². The topological polar surface area (TPSA) is 106 Å². The van der Waals surface area contributed by atoms with Gasteiger partial charge in [0.2, 0.25) is 5.95 Å². The number of anilines is 2. The number of nitrogens with one attached hydrogen (secondary N) is 1. The van der Waals surface area contributed by atoms with E-state index in [0.717, 1.165) is 40.2 Å². The Balaban J connectivity index is 1.77. The van der Waals surface area contributed by atoms with Gasteiger partial charge in [0, 0.05) is 16.6 Å². The maximum Gasteiger partial charge on any atom is 0.220 e. The third-order valence-electron chi connectivity index (χ3n) is 3.88. The standard InChI is InChI=1S/C15H16N6/c16-14-11-4-3-9(6-13(11)20-21-14)12-7-10(5-8-1-2-8)18-15(17)19-12/h3-4,6-8H,1-2,5H2,(H3,16,20,21)(H2,17,18,19). The van der Waals surface area contributed by atoms with E-state index in [1.54, 1.807) is 0 Å². The van der Waals surface area contributed by atoms with Crippen molar-refractivity contribution in [2.75, 3.05) is 11.5 Å². The molecule has 0 spiro atoms. The molecule has 5 N–H and O–H groups in total. The first-order chi connectivity index (χ1) is 10.2. The molecule has 21 heavy (non-hydrogen) atoms. The Morgan fingerprint density at radius 2 is 2.00 bits per heavy atom. The molecule has 0 amide bonds. The molecule has 0 unspecified atom stereocenters. The summed E-state index contributed by atoms with van der Waals surface area (Å²) in [6.07, 6.45) is 3.57.